The number of nitrogens with one attached hydrogen (secondary N) is 5. The molecule has 0 saturated carbocycles. The van der Waals surface area contributed by atoms with Gasteiger partial charge in [0.15, 0.2) is 0 Å². The van der Waals surface area contributed by atoms with E-state index >= 15 is 0 Å². The van der Waals surface area contributed by atoms with E-state index in [2.05, 4.69) is 36.6 Å². The zero-order valence-corrected chi connectivity index (χ0v) is 29.7. The third-order valence-electron chi connectivity index (χ3n) is 8.78. The number of rotatable bonds is 14. The van der Waals surface area contributed by atoms with Crippen LogP contribution < -0.4 is 36.1 Å². The first-order chi connectivity index (χ1) is 24.7. The molecule has 3 amide bonds. The number of pyridine rings is 3. The maximum Gasteiger partial charge on any atom is 0.274 e. The van der Waals surface area contributed by atoms with Crippen LogP contribution in [0.5, 0.6) is 11.6 Å². The Balaban J connectivity index is 1.15. The summed E-state index contributed by atoms with van der Waals surface area (Å²) in [6.45, 7) is 2.23. The Morgan fingerprint density at radius 1 is 0.863 bits per heavy atom. The van der Waals surface area contributed by atoms with Crippen LogP contribution in [0.4, 0.5) is 5.69 Å². The SMILES string of the molecule is COc1cc(C(=O)Nc2cccc(-c3nccc(-c4ccc(CNC[C@@H]5CCC(=O)N5)c(OC)n4)c3Cl)c2Cl)ncc1CNC[C@H]1CCC(=O)N1. The van der Waals surface area contributed by atoms with Crippen molar-refractivity contribution in [1.29, 1.82) is 0 Å². The second-order valence-electron chi connectivity index (χ2n) is 12.3. The van der Waals surface area contributed by atoms with E-state index in [-0.39, 0.29) is 34.6 Å². The van der Waals surface area contributed by atoms with Crippen LogP contribution in [-0.2, 0) is 22.7 Å². The van der Waals surface area contributed by atoms with Crippen molar-refractivity contribution < 1.29 is 23.9 Å². The number of hydrogen-bond donors (Lipinski definition) is 5. The molecule has 3 aromatic heterocycles. The van der Waals surface area contributed by atoms with Crippen LogP contribution >= 0.6 is 23.2 Å². The van der Waals surface area contributed by atoms with Crippen LogP contribution in [0.3, 0.4) is 0 Å². The van der Waals surface area contributed by atoms with Gasteiger partial charge in [0.1, 0.15) is 11.4 Å². The fourth-order valence-corrected chi connectivity index (χ4v) is 6.67. The number of ether oxygens (including phenoxy) is 2. The lowest BCUT2D eigenvalue weighted by molar-refractivity contribution is -0.120. The number of carbonyl (C=O) groups excluding carboxylic acids is 3. The van der Waals surface area contributed by atoms with Crippen molar-refractivity contribution in [2.24, 2.45) is 0 Å². The Kier molecular flexibility index (Phi) is 11.6. The minimum absolute atomic E-state index is 0.0631. The summed E-state index contributed by atoms with van der Waals surface area (Å²) >= 11 is 13.8. The number of anilines is 1. The average molecular weight is 734 g/mol. The highest BCUT2D eigenvalue weighted by Gasteiger charge is 2.23. The highest BCUT2D eigenvalue weighted by Crippen LogP contribution is 2.40. The summed E-state index contributed by atoms with van der Waals surface area (Å²) in [6, 6.07) is 12.5. The summed E-state index contributed by atoms with van der Waals surface area (Å²) in [5, 5.41) is 16.0. The van der Waals surface area contributed by atoms with Gasteiger partial charge in [0, 0.05) is 91.8 Å². The molecule has 0 aliphatic carbocycles. The standard InChI is InChI=1S/C36H38Cl2N8O5/c1-50-29-14-28(42-17-21(29)16-40-19-23-8-11-31(48)44-23)35(49)45-27-5-3-4-25(32(27)37)34-33(38)24(12-13-41-34)26-9-6-20(36(46-26)51-2)15-39-18-22-7-10-30(47)43-22/h3-6,9,12-14,17,22-23,39-40H,7-8,10-11,15-16,18-19H2,1-2H3,(H,43,47)(H,44,48)(H,45,49)/t22-,23+/m0/s1. The number of benzene rings is 1. The predicted molar refractivity (Wildman–Crippen MR) is 194 cm³/mol. The first-order valence-electron chi connectivity index (χ1n) is 16.6. The second kappa shape index (κ2) is 16.5. The van der Waals surface area contributed by atoms with Crippen LogP contribution in [0.1, 0.15) is 47.3 Å². The smallest absolute Gasteiger partial charge is 0.274 e. The van der Waals surface area contributed by atoms with E-state index < -0.39 is 5.91 Å². The molecule has 0 spiro atoms. The maximum atomic E-state index is 13.3. The Labute approximate surface area is 305 Å². The van der Waals surface area contributed by atoms with Crippen LogP contribution in [-0.4, -0.2) is 72.1 Å². The molecular weight excluding hydrogens is 695 g/mol. The lowest BCUT2D eigenvalue weighted by Crippen LogP contribution is -2.35. The summed E-state index contributed by atoms with van der Waals surface area (Å²) < 4.78 is 11.1. The van der Waals surface area contributed by atoms with Gasteiger partial charge in [-0.1, -0.05) is 41.4 Å². The molecule has 2 aliphatic heterocycles. The number of halogens is 2. The molecule has 0 bridgehead atoms. The molecule has 5 N–H and O–H groups in total. The summed E-state index contributed by atoms with van der Waals surface area (Å²) in [7, 11) is 3.09. The van der Waals surface area contributed by atoms with Gasteiger partial charge in [-0.3, -0.25) is 24.4 Å². The second-order valence-corrected chi connectivity index (χ2v) is 13.0. The fourth-order valence-electron chi connectivity index (χ4n) is 6.09. The van der Waals surface area contributed by atoms with Gasteiger partial charge in [-0.25, -0.2) is 4.98 Å². The quantitative estimate of drug-likeness (QED) is 0.124. The van der Waals surface area contributed by atoms with E-state index in [4.69, 9.17) is 37.7 Å². The molecule has 1 aromatic carbocycles. The maximum absolute atomic E-state index is 13.3. The summed E-state index contributed by atoms with van der Waals surface area (Å²) in [4.78, 5) is 49.9. The molecular formula is C36H38Cl2N8O5. The van der Waals surface area contributed by atoms with E-state index in [0.29, 0.717) is 83.9 Å². The van der Waals surface area contributed by atoms with Crippen LogP contribution in [0.2, 0.25) is 10.0 Å². The molecule has 2 fully saturated rings. The zero-order valence-electron chi connectivity index (χ0n) is 28.1. The third kappa shape index (κ3) is 8.56. The van der Waals surface area contributed by atoms with Crippen molar-refractivity contribution in [2.45, 2.75) is 50.9 Å². The highest BCUT2D eigenvalue weighted by atomic mass is 35.5. The Morgan fingerprint density at radius 2 is 1.57 bits per heavy atom. The van der Waals surface area contributed by atoms with Gasteiger partial charge in [-0.15, -0.1) is 0 Å². The number of amides is 3. The molecule has 15 heteroatoms. The minimum Gasteiger partial charge on any atom is -0.496 e. The number of hydrogen-bond acceptors (Lipinski definition) is 10. The van der Waals surface area contributed by atoms with Crippen molar-refractivity contribution in [3.63, 3.8) is 0 Å². The van der Waals surface area contributed by atoms with Gasteiger partial charge < -0.3 is 36.1 Å². The molecule has 2 saturated heterocycles. The van der Waals surface area contributed by atoms with Gasteiger partial charge in [-0.05, 0) is 31.0 Å². The zero-order chi connectivity index (χ0) is 35.9. The van der Waals surface area contributed by atoms with Crippen molar-refractivity contribution in [1.82, 2.24) is 36.2 Å². The molecule has 2 aliphatic rings. The number of nitrogens with zero attached hydrogens (tertiary/aromatic N) is 3. The molecule has 4 aromatic rings. The molecule has 266 valence electrons. The van der Waals surface area contributed by atoms with Crippen molar-refractivity contribution in [3.05, 3.63) is 81.7 Å². The van der Waals surface area contributed by atoms with Crippen LogP contribution in [0.25, 0.3) is 22.5 Å². The molecule has 6 rings (SSSR count). The topological polar surface area (TPSA) is 168 Å². The summed E-state index contributed by atoms with van der Waals surface area (Å²) in [6.07, 6.45) is 5.90. The molecule has 0 radical (unpaired) electrons. The van der Waals surface area contributed by atoms with Crippen molar-refractivity contribution in [3.8, 4) is 34.1 Å². The molecule has 2 atom stereocenters. The van der Waals surface area contributed by atoms with Crippen LogP contribution in [0, 0.1) is 0 Å². The van der Waals surface area contributed by atoms with Gasteiger partial charge >= 0.3 is 0 Å². The predicted octanol–water partition coefficient (Wildman–Crippen LogP) is 4.52. The molecule has 51 heavy (non-hydrogen) atoms. The molecule has 13 nitrogen and oxygen atoms in total. The van der Waals surface area contributed by atoms with Gasteiger partial charge in [-0.2, -0.15) is 0 Å². The lowest BCUT2D eigenvalue weighted by Gasteiger charge is -2.15. The first kappa shape index (κ1) is 36.0. The Bertz CT molecular complexity index is 1940. The first-order valence-corrected chi connectivity index (χ1v) is 17.3. The largest absolute Gasteiger partial charge is 0.496 e. The molecule has 5 heterocycles. The highest BCUT2D eigenvalue weighted by molar-refractivity contribution is 6.39. The minimum atomic E-state index is -0.479. The number of aromatic nitrogens is 3. The Morgan fingerprint density at radius 3 is 2.22 bits per heavy atom. The van der Waals surface area contributed by atoms with Crippen molar-refractivity contribution in [2.75, 3.05) is 32.6 Å². The van der Waals surface area contributed by atoms with Crippen LogP contribution in [0.15, 0.2) is 54.9 Å². The normalized spacial score (nSPS) is 16.9. The van der Waals surface area contributed by atoms with E-state index in [9.17, 15) is 14.4 Å². The monoisotopic (exact) mass is 732 g/mol. The Hall–Kier alpha value is -4.82. The number of carbonyl (C=O) groups is 3. The van der Waals surface area contributed by atoms with Gasteiger partial charge in [0.2, 0.25) is 17.7 Å². The van der Waals surface area contributed by atoms with E-state index in [0.717, 1.165) is 24.0 Å². The molecule has 0 unspecified atom stereocenters. The fraction of sp³-hybridized carbons (Fsp3) is 0.333. The summed E-state index contributed by atoms with van der Waals surface area (Å²) in [5.41, 5.74) is 4.25. The summed E-state index contributed by atoms with van der Waals surface area (Å²) in [5.74, 6) is 0.607. The van der Waals surface area contributed by atoms with E-state index in [1.165, 1.54) is 7.11 Å². The van der Waals surface area contributed by atoms with E-state index in [1.54, 1.807) is 49.8 Å². The van der Waals surface area contributed by atoms with Gasteiger partial charge in [0.25, 0.3) is 5.91 Å². The van der Waals surface area contributed by atoms with Crippen molar-refractivity contribution >= 4 is 46.6 Å². The van der Waals surface area contributed by atoms with E-state index in [1.807, 2.05) is 12.1 Å². The third-order valence-corrected chi connectivity index (χ3v) is 9.57. The lowest BCUT2D eigenvalue weighted by atomic mass is 10.1. The van der Waals surface area contributed by atoms with Gasteiger partial charge in [0.05, 0.1) is 41.3 Å². The average Bonchev–Trinajstić information content (AvgIpc) is 3.76. The number of methoxy groups -OCH3 is 2.